The summed E-state index contributed by atoms with van der Waals surface area (Å²) < 4.78 is 48.7. The lowest BCUT2D eigenvalue weighted by Gasteiger charge is -2.27. The van der Waals surface area contributed by atoms with Crippen LogP contribution in [0.15, 0.2) is 47.2 Å². The Bertz CT molecular complexity index is 1180. The molecule has 178 valence electrons. The molecule has 2 N–H and O–H groups in total. The fourth-order valence-electron chi connectivity index (χ4n) is 3.17. The molecule has 1 fully saturated rings. The number of nitrogens with one attached hydrogen (secondary N) is 2. The monoisotopic (exact) mass is 476 g/mol. The number of morpholine rings is 1. The number of anilines is 2. The van der Waals surface area contributed by atoms with E-state index < -0.39 is 23.6 Å². The number of carbonyl (C=O) groups excluding carboxylic acids is 2. The molecule has 3 heterocycles. The van der Waals surface area contributed by atoms with Crippen molar-refractivity contribution < 1.29 is 32.0 Å². The van der Waals surface area contributed by atoms with Gasteiger partial charge in [-0.1, -0.05) is 11.2 Å². The first-order valence-corrected chi connectivity index (χ1v) is 10.2. The summed E-state index contributed by atoms with van der Waals surface area (Å²) in [7, 11) is 0. The predicted octanol–water partition coefficient (Wildman–Crippen LogP) is 2.50. The van der Waals surface area contributed by atoms with Gasteiger partial charge in [-0.25, -0.2) is 9.97 Å². The van der Waals surface area contributed by atoms with Crippen molar-refractivity contribution in [2.45, 2.75) is 12.7 Å². The molecule has 0 radical (unpaired) electrons. The molecule has 34 heavy (non-hydrogen) atoms. The molecule has 3 aromatic rings. The van der Waals surface area contributed by atoms with E-state index in [1.807, 2.05) is 4.90 Å². The number of alkyl halides is 3. The second-order valence-electron chi connectivity index (χ2n) is 7.26. The minimum Gasteiger partial charge on any atom is -0.378 e. The van der Waals surface area contributed by atoms with E-state index >= 15 is 0 Å². The highest BCUT2D eigenvalue weighted by molar-refractivity contribution is 6.02. The second-order valence-corrected chi connectivity index (χ2v) is 7.26. The Kier molecular flexibility index (Phi) is 6.72. The minimum atomic E-state index is -4.54. The van der Waals surface area contributed by atoms with Crippen LogP contribution in [-0.4, -0.2) is 53.2 Å². The summed E-state index contributed by atoms with van der Waals surface area (Å²) in [6.45, 7) is 2.39. The molecular weight excluding hydrogens is 457 g/mol. The van der Waals surface area contributed by atoms with Gasteiger partial charge in [0.1, 0.15) is 23.5 Å². The fourth-order valence-corrected chi connectivity index (χ4v) is 3.17. The standard InChI is InChI=1S/C21H19F3N6O4/c22-21(23,24)13-2-1-3-14(8-13)28-20(32)17-9-15(29-34-17)11-25-19(31)16-10-18(27-12-26-16)30-4-6-33-7-5-30/h1-3,8-10,12H,4-7,11H2,(H,25,31)(H,28,32). The zero-order chi connectivity index (χ0) is 24.1. The van der Waals surface area contributed by atoms with E-state index in [9.17, 15) is 22.8 Å². The topological polar surface area (TPSA) is 122 Å². The summed E-state index contributed by atoms with van der Waals surface area (Å²) in [6, 6.07) is 7.05. The molecule has 0 unspecified atom stereocenters. The van der Waals surface area contributed by atoms with Gasteiger partial charge in [0, 0.05) is 30.9 Å². The summed E-state index contributed by atoms with van der Waals surface area (Å²) in [5.74, 6) is -0.873. The van der Waals surface area contributed by atoms with Gasteiger partial charge >= 0.3 is 6.18 Å². The van der Waals surface area contributed by atoms with Crippen molar-refractivity contribution in [1.29, 1.82) is 0 Å². The lowest BCUT2D eigenvalue weighted by Crippen LogP contribution is -2.37. The quantitative estimate of drug-likeness (QED) is 0.557. The molecule has 1 aliphatic rings. The third-order valence-electron chi connectivity index (χ3n) is 4.88. The number of nitrogens with zero attached hydrogens (tertiary/aromatic N) is 4. The predicted molar refractivity (Wildman–Crippen MR) is 112 cm³/mol. The van der Waals surface area contributed by atoms with Crippen molar-refractivity contribution in [2.24, 2.45) is 0 Å². The lowest BCUT2D eigenvalue weighted by atomic mass is 10.2. The molecule has 1 aliphatic heterocycles. The molecule has 0 aliphatic carbocycles. The maximum atomic E-state index is 12.8. The Morgan fingerprint density at radius 2 is 1.85 bits per heavy atom. The third kappa shape index (κ3) is 5.67. The van der Waals surface area contributed by atoms with Crippen LogP contribution < -0.4 is 15.5 Å². The van der Waals surface area contributed by atoms with Crippen molar-refractivity contribution in [2.75, 3.05) is 36.5 Å². The molecular formula is C21H19F3N6O4. The molecule has 1 aromatic carbocycles. The van der Waals surface area contributed by atoms with Gasteiger partial charge in [0.25, 0.3) is 11.8 Å². The summed E-state index contributed by atoms with van der Waals surface area (Å²) in [6.07, 6.45) is -3.24. The molecule has 10 nitrogen and oxygen atoms in total. The SMILES string of the molecule is O=C(NCc1cc(C(=O)Nc2cccc(C(F)(F)F)c2)on1)c1cc(N2CCOCC2)ncn1. The fraction of sp³-hybridized carbons (Fsp3) is 0.286. The highest BCUT2D eigenvalue weighted by atomic mass is 19.4. The van der Waals surface area contributed by atoms with Gasteiger partial charge in [0.05, 0.1) is 25.3 Å². The smallest absolute Gasteiger partial charge is 0.378 e. The Balaban J connectivity index is 1.34. The Morgan fingerprint density at radius 3 is 2.62 bits per heavy atom. The second kappa shape index (κ2) is 9.87. The van der Waals surface area contributed by atoms with Gasteiger partial charge in [0.15, 0.2) is 0 Å². The Morgan fingerprint density at radius 1 is 1.06 bits per heavy atom. The van der Waals surface area contributed by atoms with Crippen molar-refractivity contribution in [3.8, 4) is 0 Å². The first kappa shape index (κ1) is 23.2. The van der Waals surface area contributed by atoms with E-state index in [4.69, 9.17) is 9.26 Å². The first-order valence-electron chi connectivity index (χ1n) is 10.2. The van der Waals surface area contributed by atoms with Crippen molar-refractivity contribution in [3.05, 3.63) is 65.4 Å². The van der Waals surface area contributed by atoms with Crippen LogP contribution in [0.2, 0.25) is 0 Å². The van der Waals surface area contributed by atoms with Gasteiger partial charge < -0.3 is 24.8 Å². The van der Waals surface area contributed by atoms with Gasteiger partial charge in [-0.05, 0) is 18.2 Å². The molecule has 4 rings (SSSR count). The summed E-state index contributed by atoms with van der Waals surface area (Å²) >= 11 is 0. The van der Waals surface area contributed by atoms with Crippen molar-refractivity contribution >= 4 is 23.3 Å². The number of halogens is 3. The highest BCUT2D eigenvalue weighted by Gasteiger charge is 2.30. The maximum absolute atomic E-state index is 12.8. The van der Waals surface area contributed by atoms with E-state index in [1.54, 1.807) is 6.07 Å². The van der Waals surface area contributed by atoms with Crippen LogP contribution in [-0.2, 0) is 17.5 Å². The van der Waals surface area contributed by atoms with Crippen LogP contribution in [0.1, 0.15) is 32.3 Å². The Hall–Kier alpha value is -4.00. The average Bonchev–Trinajstić information content (AvgIpc) is 3.32. The van der Waals surface area contributed by atoms with Crippen molar-refractivity contribution in [1.82, 2.24) is 20.4 Å². The number of amides is 2. The van der Waals surface area contributed by atoms with E-state index in [0.717, 1.165) is 12.1 Å². The highest BCUT2D eigenvalue weighted by Crippen LogP contribution is 2.30. The van der Waals surface area contributed by atoms with E-state index in [-0.39, 0.29) is 29.4 Å². The van der Waals surface area contributed by atoms with Crippen LogP contribution in [0.3, 0.4) is 0 Å². The lowest BCUT2D eigenvalue weighted by molar-refractivity contribution is -0.137. The number of aromatic nitrogens is 3. The van der Waals surface area contributed by atoms with Crippen molar-refractivity contribution in [3.63, 3.8) is 0 Å². The van der Waals surface area contributed by atoms with Gasteiger partial charge in [-0.15, -0.1) is 0 Å². The molecule has 0 atom stereocenters. The summed E-state index contributed by atoms with van der Waals surface area (Å²) in [5, 5.41) is 8.65. The van der Waals surface area contributed by atoms with E-state index in [2.05, 4.69) is 25.8 Å². The molecule has 0 spiro atoms. The molecule has 1 saturated heterocycles. The van der Waals surface area contributed by atoms with Crippen LogP contribution in [0.5, 0.6) is 0 Å². The number of hydrogen-bond acceptors (Lipinski definition) is 8. The van der Waals surface area contributed by atoms with E-state index in [1.165, 1.54) is 24.5 Å². The zero-order valence-electron chi connectivity index (χ0n) is 17.6. The van der Waals surface area contributed by atoms with Crippen LogP contribution in [0.4, 0.5) is 24.7 Å². The number of carbonyl (C=O) groups is 2. The molecule has 2 aromatic heterocycles. The maximum Gasteiger partial charge on any atom is 0.416 e. The number of hydrogen-bond donors (Lipinski definition) is 2. The first-order chi connectivity index (χ1) is 16.3. The van der Waals surface area contributed by atoms with Crippen LogP contribution in [0, 0.1) is 0 Å². The number of benzene rings is 1. The van der Waals surface area contributed by atoms with Crippen LogP contribution >= 0.6 is 0 Å². The van der Waals surface area contributed by atoms with Gasteiger partial charge in [-0.2, -0.15) is 13.2 Å². The summed E-state index contributed by atoms with van der Waals surface area (Å²) in [4.78, 5) is 34.9. The Labute approximate surface area is 191 Å². The minimum absolute atomic E-state index is 0.0501. The normalized spacial score (nSPS) is 14.0. The largest absolute Gasteiger partial charge is 0.416 e. The number of rotatable bonds is 6. The molecule has 0 bridgehead atoms. The third-order valence-corrected chi connectivity index (χ3v) is 4.88. The summed E-state index contributed by atoms with van der Waals surface area (Å²) in [5.41, 5.74) is -0.550. The molecule has 2 amide bonds. The van der Waals surface area contributed by atoms with Gasteiger partial charge in [0.2, 0.25) is 5.76 Å². The van der Waals surface area contributed by atoms with E-state index in [0.29, 0.717) is 32.1 Å². The molecule has 13 heteroatoms. The zero-order valence-corrected chi connectivity index (χ0v) is 17.6. The molecule has 0 saturated carbocycles. The number of ether oxygens (including phenoxy) is 1. The van der Waals surface area contributed by atoms with Crippen LogP contribution in [0.25, 0.3) is 0 Å². The van der Waals surface area contributed by atoms with Gasteiger partial charge in [-0.3, -0.25) is 9.59 Å². The average molecular weight is 476 g/mol.